The molecule has 1 heterocycles. The van der Waals surface area contributed by atoms with Crippen molar-refractivity contribution in [2.24, 2.45) is 0 Å². The molecule has 1 aromatic heterocycles. The monoisotopic (exact) mass is 637 g/mol. The molecule has 0 radical (unpaired) electrons. The lowest BCUT2D eigenvalue weighted by molar-refractivity contribution is 0.669. The van der Waals surface area contributed by atoms with Crippen molar-refractivity contribution < 1.29 is 4.42 Å². The van der Waals surface area contributed by atoms with Crippen LogP contribution in [0.2, 0.25) is 0 Å². The zero-order chi connectivity index (χ0) is 33.6. The van der Waals surface area contributed by atoms with Crippen molar-refractivity contribution in [3.8, 4) is 34.4 Å². The fourth-order valence-corrected chi connectivity index (χ4v) is 6.90. The third-order valence-electron chi connectivity index (χ3n) is 9.47. The van der Waals surface area contributed by atoms with E-state index in [0.29, 0.717) is 11.1 Å². The van der Waals surface area contributed by atoms with Gasteiger partial charge >= 0.3 is 0 Å². The predicted octanol–water partition coefficient (Wildman–Crippen LogP) is 12.4. The Morgan fingerprint density at radius 2 is 0.840 bits per heavy atom. The molecule has 232 valence electrons. The lowest BCUT2D eigenvalue weighted by atomic mass is 9.99. The van der Waals surface area contributed by atoms with Gasteiger partial charge < -0.3 is 9.32 Å². The van der Waals surface area contributed by atoms with Crippen LogP contribution < -0.4 is 4.90 Å². The fraction of sp³-hybridized carbons (Fsp3) is 0. The summed E-state index contributed by atoms with van der Waals surface area (Å²) in [5.74, 6) is 0. The minimum absolute atomic E-state index is 0.664. The first-order chi connectivity index (χ1) is 24.6. The van der Waals surface area contributed by atoms with E-state index in [0.717, 1.165) is 82.8 Å². The van der Waals surface area contributed by atoms with Gasteiger partial charge in [0.05, 0.1) is 23.3 Å². The van der Waals surface area contributed by atoms with E-state index < -0.39 is 0 Å². The second kappa shape index (κ2) is 11.8. The van der Waals surface area contributed by atoms with Crippen molar-refractivity contribution in [3.63, 3.8) is 0 Å². The molecule has 0 bridgehead atoms. The quantitative estimate of drug-likeness (QED) is 0.188. The molecule has 0 atom stereocenters. The van der Waals surface area contributed by atoms with Crippen LogP contribution in [0.1, 0.15) is 11.1 Å². The Hall–Kier alpha value is -7.14. The summed E-state index contributed by atoms with van der Waals surface area (Å²) in [6.07, 6.45) is 0. The molecule has 0 aliphatic carbocycles. The zero-order valence-electron chi connectivity index (χ0n) is 26.8. The predicted molar refractivity (Wildman–Crippen MR) is 204 cm³/mol. The topological polar surface area (TPSA) is 64.0 Å². The van der Waals surface area contributed by atoms with Crippen LogP contribution >= 0.6 is 0 Å². The van der Waals surface area contributed by atoms with Crippen LogP contribution in [0.15, 0.2) is 168 Å². The highest BCUT2D eigenvalue weighted by atomic mass is 16.3. The van der Waals surface area contributed by atoms with Gasteiger partial charge in [-0.3, -0.25) is 0 Å². The van der Waals surface area contributed by atoms with Crippen LogP contribution in [0.25, 0.3) is 65.7 Å². The molecule has 4 heteroatoms. The molecule has 9 aromatic rings. The second-order valence-corrected chi connectivity index (χ2v) is 12.5. The SMILES string of the molecule is N#Cc1ccc2cc(-c3ccc(N(c4ccc(-c5ccc6cc(C#N)ccc6c5)cc4)c4ccc5oc6ccccc6c5c4)cc3)ccc2c1. The summed E-state index contributed by atoms with van der Waals surface area (Å²) in [6, 6.07) is 60.7. The lowest BCUT2D eigenvalue weighted by Gasteiger charge is -2.26. The van der Waals surface area contributed by atoms with Crippen molar-refractivity contribution in [1.29, 1.82) is 10.5 Å². The van der Waals surface area contributed by atoms with Gasteiger partial charge in [0.1, 0.15) is 11.2 Å². The third kappa shape index (κ3) is 5.10. The molecule has 50 heavy (non-hydrogen) atoms. The summed E-state index contributed by atoms with van der Waals surface area (Å²) in [7, 11) is 0. The molecule has 0 fully saturated rings. The standard InChI is InChI=1S/C46H27N3O/c47-28-30-5-7-38-25-36(11-9-34(38)23-30)32-13-17-40(18-14-32)49(42-21-22-46-44(27-42)43-3-1-2-4-45(43)50-46)41-19-15-33(16-20-41)37-12-10-35-24-31(29-48)6-8-39(35)26-37/h1-27H. The first-order valence-electron chi connectivity index (χ1n) is 16.4. The van der Waals surface area contributed by atoms with Crippen molar-refractivity contribution in [1.82, 2.24) is 0 Å². The highest BCUT2D eigenvalue weighted by Gasteiger charge is 2.16. The summed E-state index contributed by atoms with van der Waals surface area (Å²) in [5.41, 5.74) is 10.6. The van der Waals surface area contributed by atoms with Crippen LogP contribution in [0.3, 0.4) is 0 Å². The lowest BCUT2D eigenvalue weighted by Crippen LogP contribution is -2.09. The van der Waals surface area contributed by atoms with Crippen molar-refractivity contribution in [2.45, 2.75) is 0 Å². The molecule has 0 unspecified atom stereocenters. The Morgan fingerprint density at radius 1 is 0.380 bits per heavy atom. The molecule has 0 aliphatic rings. The average Bonchev–Trinajstić information content (AvgIpc) is 3.56. The maximum absolute atomic E-state index is 9.30. The molecule has 9 rings (SSSR count). The zero-order valence-corrected chi connectivity index (χ0v) is 26.8. The second-order valence-electron chi connectivity index (χ2n) is 12.5. The van der Waals surface area contributed by atoms with Gasteiger partial charge in [-0.15, -0.1) is 0 Å². The smallest absolute Gasteiger partial charge is 0.135 e. The van der Waals surface area contributed by atoms with E-state index in [2.05, 4.69) is 126 Å². The van der Waals surface area contributed by atoms with E-state index in [4.69, 9.17) is 4.42 Å². The number of fused-ring (bicyclic) bond motifs is 5. The van der Waals surface area contributed by atoms with Crippen LogP contribution in [0.5, 0.6) is 0 Å². The Bertz CT molecular complexity index is 2690. The van der Waals surface area contributed by atoms with E-state index in [1.165, 1.54) is 0 Å². The van der Waals surface area contributed by atoms with Crippen LogP contribution in [0.4, 0.5) is 17.1 Å². The van der Waals surface area contributed by atoms with Gasteiger partial charge in [0, 0.05) is 27.8 Å². The number of hydrogen-bond donors (Lipinski definition) is 0. The van der Waals surface area contributed by atoms with Gasteiger partial charge in [-0.05, 0) is 129 Å². The first kappa shape index (κ1) is 29.0. The summed E-state index contributed by atoms with van der Waals surface area (Å²) in [5, 5.41) is 25.1. The van der Waals surface area contributed by atoms with Gasteiger partial charge in [0.2, 0.25) is 0 Å². The molecule has 4 nitrogen and oxygen atoms in total. The molecule has 0 saturated heterocycles. The van der Waals surface area contributed by atoms with E-state index >= 15 is 0 Å². The molecular formula is C46H27N3O. The molecule has 0 spiro atoms. The van der Waals surface area contributed by atoms with Gasteiger partial charge in [-0.25, -0.2) is 0 Å². The number of anilines is 3. The minimum Gasteiger partial charge on any atom is -0.456 e. The number of nitrogens with zero attached hydrogens (tertiary/aromatic N) is 3. The van der Waals surface area contributed by atoms with Crippen LogP contribution in [-0.2, 0) is 0 Å². The Balaban J connectivity index is 1.12. The van der Waals surface area contributed by atoms with Gasteiger partial charge in [-0.1, -0.05) is 78.9 Å². The largest absolute Gasteiger partial charge is 0.456 e. The minimum atomic E-state index is 0.664. The molecule has 0 saturated carbocycles. The molecule has 0 N–H and O–H groups in total. The maximum atomic E-state index is 9.30. The summed E-state index contributed by atoms with van der Waals surface area (Å²) >= 11 is 0. The molecule has 8 aromatic carbocycles. The van der Waals surface area contributed by atoms with Crippen molar-refractivity contribution in [3.05, 3.63) is 175 Å². The number of rotatable bonds is 5. The molecule has 0 amide bonds. The highest BCUT2D eigenvalue weighted by Crippen LogP contribution is 2.40. The van der Waals surface area contributed by atoms with Crippen LogP contribution in [0, 0.1) is 22.7 Å². The van der Waals surface area contributed by atoms with E-state index in [1.54, 1.807) is 0 Å². The van der Waals surface area contributed by atoms with Gasteiger partial charge in [0.15, 0.2) is 0 Å². The van der Waals surface area contributed by atoms with Gasteiger partial charge in [0.25, 0.3) is 0 Å². The normalized spacial score (nSPS) is 11.2. The van der Waals surface area contributed by atoms with Gasteiger partial charge in [-0.2, -0.15) is 10.5 Å². The molecule has 0 aliphatic heterocycles. The summed E-state index contributed by atoms with van der Waals surface area (Å²) in [4.78, 5) is 2.28. The number of para-hydroxylation sites is 1. The number of benzene rings is 8. The van der Waals surface area contributed by atoms with E-state index in [1.807, 2.05) is 54.6 Å². The summed E-state index contributed by atoms with van der Waals surface area (Å²) < 4.78 is 6.16. The third-order valence-corrected chi connectivity index (χ3v) is 9.47. The Morgan fingerprint density at radius 3 is 1.40 bits per heavy atom. The number of furan rings is 1. The van der Waals surface area contributed by atoms with Crippen molar-refractivity contribution >= 4 is 60.5 Å². The number of hydrogen-bond acceptors (Lipinski definition) is 4. The van der Waals surface area contributed by atoms with Crippen LogP contribution in [-0.4, -0.2) is 0 Å². The number of nitriles is 2. The van der Waals surface area contributed by atoms with E-state index in [-0.39, 0.29) is 0 Å². The summed E-state index contributed by atoms with van der Waals surface area (Å²) in [6.45, 7) is 0. The Kier molecular flexibility index (Phi) is 6.87. The maximum Gasteiger partial charge on any atom is 0.135 e. The average molecular weight is 638 g/mol. The Labute approximate surface area is 288 Å². The fourth-order valence-electron chi connectivity index (χ4n) is 6.90. The highest BCUT2D eigenvalue weighted by molar-refractivity contribution is 6.06. The first-order valence-corrected chi connectivity index (χ1v) is 16.4. The van der Waals surface area contributed by atoms with Crippen molar-refractivity contribution in [2.75, 3.05) is 4.90 Å². The molecular weight excluding hydrogens is 611 g/mol. The van der Waals surface area contributed by atoms with E-state index in [9.17, 15) is 10.5 Å².